The molecule has 0 N–H and O–H groups in total. The standard InChI is InChI=1S/C16H18OS/c17-18-11-15-8-3-4-9-16(15,12-18)14-6-2-1-5-13(14)7-10-15/h1-6H,7-12H2. The van der Waals surface area contributed by atoms with Gasteiger partial charge in [0.05, 0.1) is 0 Å². The number of hydrogen-bond donors (Lipinski definition) is 0. The van der Waals surface area contributed by atoms with Gasteiger partial charge in [0.2, 0.25) is 0 Å². The van der Waals surface area contributed by atoms with Crippen molar-refractivity contribution in [3.8, 4) is 0 Å². The fraction of sp³-hybridized carbons (Fsp3) is 0.500. The maximum Gasteiger partial charge on any atom is 0.0341 e. The fourth-order valence-electron chi connectivity index (χ4n) is 4.51. The largest absolute Gasteiger partial charge is 0.260 e. The summed E-state index contributed by atoms with van der Waals surface area (Å²) in [7, 11) is -0.628. The zero-order valence-electron chi connectivity index (χ0n) is 10.5. The third-order valence-corrected chi connectivity index (χ3v) is 7.10. The van der Waals surface area contributed by atoms with Gasteiger partial charge in [-0.2, -0.15) is 0 Å². The molecule has 0 radical (unpaired) electrons. The van der Waals surface area contributed by atoms with E-state index in [1.165, 1.54) is 24.0 Å². The van der Waals surface area contributed by atoms with Crippen LogP contribution in [0.4, 0.5) is 0 Å². The molecule has 1 aliphatic heterocycles. The van der Waals surface area contributed by atoms with Crippen LogP contribution in [0.25, 0.3) is 0 Å². The molecule has 18 heavy (non-hydrogen) atoms. The first-order valence-corrected chi connectivity index (χ1v) is 8.33. The SMILES string of the molecule is O=S1CC23CC=CCC2(C1)c1ccccc1CC3. The van der Waals surface area contributed by atoms with Gasteiger partial charge in [0.15, 0.2) is 0 Å². The second kappa shape index (κ2) is 3.57. The average molecular weight is 258 g/mol. The van der Waals surface area contributed by atoms with Gasteiger partial charge < -0.3 is 0 Å². The van der Waals surface area contributed by atoms with Crippen molar-refractivity contribution >= 4 is 10.8 Å². The monoisotopic (exact) mass is 258 g/mol. The van der Waals surface area contributed by atoms with Gasteiger partial charge in [-0.3, -0.25) is 4.21 Å². The Morgan fingerprint density at radius 1 is 1.06 bits per heavy atom. The topological polar surface area (TPSA) is 17.1 Å². The van der Waals surface area contributed by atoms with E-state index in [-0.39, 0.29) is 5.41 Å². The number of benzene rings is 1. The first kappa shape index (κ1) is 11.0. The maximum atomic E-state index is 12.3. The summed E-state index contributed by atoms with van der Waals surface area (Å²) in [6, 6.07) is 8.87. The highest BCUT2D eigenvalue weighted by Gasteiger charge is 2.60. The number of hydrogen-bond acceptors (Lipinski definition) is 1. The minimum atomic E-state index is -0.628. The zero-order valence-corrected chi connectivity index (χ0v) is 11.3. The molecule has 0 aromatic heterocycles. The van der Waals surface area contributed by atoms with Gasteiger partial charge in [-0.1, -0.05) is 36.4 Å². The summed E-state index contributed by atoms with van der Waals surface area (Å²) in [4.78, 5) is 0. The van der Waals surface area contributed by atoms with E-state index in [9.17, 15) is 4.21 Å². The lowest BCUT2D eigenvalue weighted by Gasteiger charge is -2.51. The molecule has 94 valence electrons. The predicted molar refractivity (Wildman–Crippen MR) is 75.1 cm³/mol. The van der Waals surface area contributed by atoms with E-state index in [0.29, 0.717) is 5.41 Å². The van der Waals surface area contributed by atoms with Crippen LogP contribution >= 0.6 is 0 Å². The van der Waals surface area contributed by atoms with Crippen LogP contribution in [0.1, 0.15) is 30.4 Å². The Kier molecular flexibility index (Phi) is 2.18. The third kappa shape index (κ3) is 1.20. The summed E-state index contributed by atoms with van der Waals surface area (Å²) >= 11 is 0. The number of aryl methyl sites for hydroxylation is 1. The van der Waals surface area contributed by atoms with Crippen molar-refractivity contribution in [1.82, 2.24) is 0 Å². The van der Waals surface area contributed by atoms with E-state index in [0.717, 1.165) is 24.3 Å². The van der Waals surface area contributed by atoms with Crippen molar-refractivity contribution in [2.75, 3.05) is 11.5 Å². The predicted octanol–water partition coefficient (Wildman–Crippen LogP) is 2.97. The second-order valence-corrected chi connectivity index (χ2v) is 7.58. The van der Waals surface area contributed by atoms with E-state index >= 15 is 0 Å². The molecule has 0 saturated carbocycles. The van der Waals surface area contributed by atoms with Gasteiger partial charge in [-0.15, -0.1) is 0 Å². The van der Waals surface area contributed by atoms with E-state index in [1.54, 1.807) is 0 Å². The molecule has 0 bridgehead atoms. The van der Waals surface area contributed by atoms with Crippen LogP contribution in [0, 0.1) is 5.41 Å². The lowest BCUT2D eigenvalue weighted by molar-refractivity contribution is 0.142. The van der Waals surface area contributed by atoms with Gasteiger partial charge >= 0.3 is 0 Å². The molecule has 1 fully saturated rings. The minimum absolute atomic E-state index is 0.182. The molecule has 1 saturated heterocycles. The molecule has 0 amide bonds. The highest BCUT2D eigenvalue weighted by Crippen LogP contribution is 2.60. The lowest BCUT2D eigenvalue weighted by atomic mass is 9.51. The highest BCUT2D eigenvalue weighted by atomic mass is 32.2. The van der Waals surface area contributed by atoms with Crippen LogP contribution in [-0.2, 0) is 22.6 Å². The molecule has 2 aliphatic carbocycles. The van der Waals surface area contributed by atoms with E-state index in [1.807, 2.05) is 0 Å². The van der Waals surface area contributed by atoms with Gasteiger partial charge in [0.1, 0.15) is 0 Å². The van der Waals surface area contributed by atoms with Crippen molar-refractivity contribution in [3.63, 3.8) is 0 Å². The quantitative estimate of drug-likeness (QED) is 0.654. The molecule has 4 rings (SSSR count). The molecule has 3 aliphatic rings. The van der Waals surface area contributed by atoms with Crippen LogP contribution in [-0.4, -0.2) is 15.7 Å². The Hall–Kier alpha value is -0.890. The van der Waals surface area contributed by atoms with Crippen molar-refractivity contribution < 1.29 is 4.21 Å². The van der Waals surface area contributed by atoms with Crippen molar-refractivity contribution in [1.29, 1.82) is 0 Å². The molecule has 1 aromatic carbocycles. The fourth-order valence-corrected chi connectivity index (χ4v) is 6.90. The van der Waals surface area contributed by atoms with Crippen LogP contribution in [0.3, 0.4) is 0 Å². The normalized spacial score (nSPS) is 41.0. The number of allylic oxidation sites excluding steroid dienone is 2. The zero-order chi connectivity index (χ0) is 12.2. The van der Waals surface area contributed by atoms with Crippen LogP contribution in [0.5, 0.6) is 0 Å². The van der Waals surface area contributed by atoms with E-state index in [4.69, 9.17) is 0 Å². The Bertz CT molecular complexity index is 562. The number of fused-ring (bicyclic) bond motifs is 1. The molecular weight excluding hydrogens is 240 g/mol. The maximum absolute atomic E-state index is 12.3. The van der Waals surface area contributed by atoms with Crippen molar-refractivity contribution in [2.24, 2.45) is 5.41 Å². The summed E-state index contributed by atoms with van der Waals surface area (Å²) < 4.78 is 12.3. The molecule has 1 aromatic rings. The van der Waals surface area contributed by atoms with Crippen LogP contribution in [0.2, 0.25) is 0 Å². The van der Waals surface area contributed by atoms with Gasteiger partial charge in [-0.25, -0.2) is 0 Å². The summed E-state index contributed by atoms with van der Waals surface area (Å²) in [6.07, 6.45) is 9.27. The molecule has 0 spiro atoms. The summed E-state index contributed by atoms with van der Waals surface area (Å²) in [5.41, 5.74) is 3.48. The molecule has 3 unspecified atom stereocenters. The highest BCUT2D eigenvalue weighted by molar-refractivity contribution is 7.85. The first-order chi connectivity index (χ1) is 8.76. The summed E-state index contributed by atoms with van der Waals surface area (Å²) in [5, 5.41) is 0. The van der Waals surface area contributed by atoms with Gasteiger partial charge in [0, 0.05) is 27.7 Å². The molecule has 3 atom stereocenters. The minimum Gasteiger partial charge on any atom is -0.260 e. The van der Waals surface area contributed by atoms with Crippen molar-refractivity contribution in [2.45, 2.75) is 31.1 Å². The number of rotatable bonds is 0. The second-order valence-electron chi connectivity index (χ2n) is 6.13. The van der Waals surface area contributed by atoms with Crippen molar-refractivity contribution in [3.05, 3.63) is 47.5 Å². The Morgan fingerprint density at radius 2 is 1.89 bits per heavy atom. The smallest absolute Gasteiger partial charge is 0.0341 e. The van der Waals surface area contributed by atoms with Gasteiger partial charge in [0.25, 0.3) is 0 Å². The van der Waals surface area contributed by atoms with E-state index in [2.05, 4.69) is 36.4 Å². The lowest BCUT2D eigenvalue weighted by Crippen LogP contribution is -2.49. The Labute approximate surface area is 111 Å². The van der Waals surface area contributed by atoms with Gasteiger partial charge in [-0.05, 0) is 42.2 Å². The Morgan fingerprint density at radius 3 is 2.83 bits per heavy atom. The van der Waals surface area contributed by atoms with Crippen LogP contribution < -0.4 is 0 Å². The molecule has 2 heteroatoms. The molecular formula is C16H18OS. The Balaban J connectivity index is 1.99. The third-order valence-electron chi connectivity index (χ3n) is 5.41. The summed E-state index contributed by atoms with van der Waals surface area (Å²) in [6.45, 7) is 0. The summed E-state index contributed by atoms with van der Waals surface area (Å²) in [5.74, 6) is 1.81. The van der Waals surface area contributed by atoms with E-state index < -0.39 is 10.8 Å². The first-order valence-electron chi connectivity index (χ1n) is 6.84. The molecule has 1 nitrogen and oxygen atoms in total. The molecule has 1 heterocycles. The van der Waals surface area contributed by atoms with Crippen LogP contribution in [0.15, 0.2) is 36.4 Å². The average Bonchev–Trinajstić information content (AvgIpc) is 2.71.